The van der Waals surface area contributed by atoms with Gasteiger partial charge in [0.2, 0.25) is 0 Å². The summed E-state index contributed by atoms with van der Waals surface area (Å²) in [6.07, 6.45) is 1.52. The van der Waals surface area contributed by atoms with Gasteiger partial charge in [0.1, 0.15) is 0 Å². The Labute approximate surface area is 214 Å². The van der Waals surface area contributed by atoms with E-state index in [0.717, 1.165) is 42.1 Å². The van der Waals surface area contributed by atoms with E-state index in [1.165, 1.54) is 4.90 Å². The van der Waals surface area contributed by atoms with Crippen LogP contribution in [0, 0.1) is 0 Å². The summed E-state index contributed by atoms with van der Waals surface area (Å²) in [6, 6.07) is 3.30. The predicted molar refractivity (Wildman–Crippen MR) is 130 cm³/mol. The van der Waals surface area contributed by atoms with Crippen LogP contribution >= 0.6 is 23.2 Å². The first kappa shape index (κ1) is 26.0. The van der Waals surface area contributed by atoms with Crippen molar-refractivity contribution in [1.29, 1.82) is 0 Å². The van der Waals surface area contributed by atoms with E-state index < -0.39 is 37.6 Å². The summed E-state index contributed by atoms with van der Waals surface area (Å²) in [6.45, 7) is 1.90. The van der Waals surface area contributed by atoms with Crippen molar-refractivity contribution >= 4 is 56.7 Å². The maximum atomic E-state index is 13.5. The number of halogens is 5. The minimum absolute atomic E-state index is 0.00155. The van der Waals surface area contributed by atoms with E-state index in [1.807, 2.05) is 12.2 Å². The first-order valence-corrected chi connectivity index (χ1v) is 12.8. The number of anilines is 2. The van der Waals surface area contributed by atoms with E-state index in [-0.39, 0.29) is 22.9 Å². The SMILES string of the molecule is CCN(C(=O)c1ncc(Cl)cc1NS(=O)(=O)c1ccc(Cl)c(C(F)(F)F)c1)c1n[nH]c2c1CCC=C2. The topological polar surface area (TPSA) is 108 Å². The Balaban J connectivity index is 1.72. The number of fused-ring (bicyclic) bond motifs is 1. The van der Waals surface area contributed by atoms with Crippen LogP contribution in [0.5, 0.6) is 0 Å². The minimum Gasteiger partial charge on any atom is -0.290 e. The average Bonchev–Trinajstić information content (AvgIpc) is 3.23. The number of aromatic nitrogens is 3. The van der Waals surface area contributed by atoms with Crippen LogP contribution in [0.25, 0.3) is 6.08 Å². The fraction of sp³-hybridized carbons (Fsp3) is 0.227. The van der Waals surface area contributed by atoms with Crippen molar-refractivity contribution in [3.05, 3.63) is 69.1 Å². The molecule has 14 heteroatoms. The molecule has 0 atom stereocenters. The number of allylic oxidation sites excluding steroid dienone is 1. The zero-order valence-corrected chi connectivity index (χ0v) is 20.9. The smallest absolute Gasteiger partial charge is 0.290 e. The Hall–Kier alpha value is -3.09. The molecule has 36 heavy (non-hydrogen) atoms. The molecule has 0 spiro atoms. The molecule has 0 bridgehead atoms. The third-order valence-corrected chi connectivity index (χ3v) is 7.29. The molecular weight excluding hydrogens is 542 g/mol. The Bertz CT molecular complexity index is 1470. The number of nitrogens with one attached hydrogen (secondary N) is 2. The van der Waals surface area contributed by atoms with Crippen molar-refractivity contribution in [2.75, 3.05) is 16.2 Å². The van der Waals surface area contributed by atoms with E-state index in [1.54, 1.807) is 6.92 Å². The fourth-order valence-electron chi connectivity index (χ4n) is 3.70. The van der Waals surface area contributed by atoms with E-state index in [9.17, 15) is 26.4 Å². The van der Waals surface area contributed by atoms with Crippen molar-refractivity contribution in [3.63, 3.8) is 0 Å². The zero-order valence-electron chi connectivity index (χ0n) is 18.5. The highest BCUT2D eigenvalue weighted by Gasteiger charge is 2.35. The van der Waals surface area contributed by atoms with Crippen molar-refractivity contribution in [3.8, 4) is 0 Å². The quantitative estimate of drug-likeness (QED) is 0.411. The third kappa shape index (κ3) is 5.06. The molecule has 2 heterocycles. The molecule has 190 valence electrons. The third-order valence-electron chi connectivity index (χ3n) is 5.39. The summed E-state index contributed by atoms with van der Waals surface area (Å²) in [5.41, 5.74) is -0.348. The molecular formula is C22H18Cl2F3N5O3S. The van der Waals surface area contributed by atoms with E-state index >= 15 is 0 Å². The second-order valence-electron chi connectivity index (χ2n) is 7.72. The Morgan fingerprint density at radius 2 is 2.00 bits per heavy atom. The van der Waals surface area contributed by atoms with Gasteiger partial charge < -0.3 is 0 Å². The van der Waals surface area contributed by atoms with Gasteiger partial charge in [-0.1, -0.05) is 29.3 Å². The fourth-order valence-corrected chi connectivity index (χ4v) is 5.17. The Morgan fingerprint density at radius 1 is 1.25 bits per heavy atom. The average molecular weight is 560 g/mol. The highest BCUT2D eigenvalue weighted by atomic mass is 35.5. The summed E-state index contributed by atoms with van der Waals surface area (Å²) in [7, 11) is -4.60. The minimum atomic E-state index is -4.87. The van der Waals surface area contributed by atoms with Crippen LogP contribution in [-0.2, 0) is 22.6 Å². The molecule has 1 aliphatic carbocycles. The molecule has 0 saturated heterocycles. The van der Waals surface area contributed by atoms with Gasteiger partial charge in [-0.2, -0.15) is 18.3 Å². The summed E-state index contributed by atoms with van der Waals surface area (Å²) in [5.74, 6) is -0.303. The lowest BCUT2D eigenvalue weighted by atomic mass is 10.0. The lowest BCUT2D eigenvalue weighted by Gasteiger charge is -2.22. The molecule has 1 aromatic carbocycles. The van der Waals surface area contributed by atoms with E-state index in [4.69, 9.17) is 23.2 Å². The molecule has 2 N–H and O–H groups in total. The number of amides is 1. The standard InChI is InChI=1S/C22H18Cl2F3N5O3S/c1-2-32(20-14-5-3-4-6-17(14)29-30-20)21(33)19-18(9-12(23)11-28-19)31-36(34,35)13-7-8-16(24)15(10-13)22(25,26)27/h4,6-11,31H,2-3,5H2,1H3,(H,29,30). The van der Waals surface area contributed by atoms with Gasteiger partial charge in [0.25, 0.3) is 15.9 Å². The summed E-state index contributed by atoms with van der Waals surface area (Å²) < 4.78 is 67.9. The summed E-state index contributed by atoms with van der Waals surface area (Å²) in [5, 5.41) is 6.46. The molecule has 1 amide bonds. The van der Waals surface area contributed by atoms with E-state index in [2.05, 4.69) is 19.9 Å². The van der Waals surface area contributed by atoms with Gasteiger partial charge in [-0.15, -0.1) is 0 Å². The van der Waals surface area contributed by atoms with Gasteiger partial charge >= 0.3 is 6.18 Å². The second kappa shape index (κ2) is 9.75. The van der Waals surface area contributed by atoms with Gasteiger partial charge in [0, 0.05) is 18.3 Å². The summed E-state index contributed by atoms with van der Waals surface area (Å²) in [4.78, 5) is 18.1. The maximum absolute atomic E-state index is 13.5. The first-order chi connectivity index (χ1) is 16.9. The van der Waals surface area contributed by atoms with Crippen LogP contribution in [0.2, 0.25) is 10.0 Å². The number of nitrogens with zero attached hydrogens (tertiary/aromatic N) is 3. The van der Waals surface area contributed by atoms with Gasteiger partial charge in [-0.05, 0) is 50.1 Å². The number of carbonyl (C=O) groups excluding carboxylic acids is 1. The van der Waals surface area contributed by atoms with Crippen molar-refractivity contribution < 1.29 is 26.4 Å². The highest BCUT2D eigenvalue weighted by Crippen LogP contribution is 2.36. The molecule has 0 radical (unpaired) electrons. The number of carbonyl (C=O) groups is 1. The number of benzene rings is 1. The highest BCUT2D eigenvalue weighted by molar-refractivity contribution is 7.92. The Kier molecular flexibility index (Phi) is 7.04. The van der Waals surface area contributed by atoms with E-state index in [0.29, 0.717) is 18.3 Å². The molecule has 0 unspecified atom stereocenters. The molecule has 1 aliphatic rings. The van der Waals surface area contributed by atoms with Crippen molar-refractivity contribution in [2.24, 2.45) is 0 Å². The molecule has 0 aliphatic heterocycles. The zero-order chi connectivity index (χ0) is 26.3. The number of aromatic amines is 1. The number of H-pyrrole nitrogens is 1. The predicted octanol–water partition coefficient (Wildman–Crippen LogP) is 5.56. The lowest BCUT2D eigenvalue weighted by Crippen LogP contribution is -2.33. The maximum Gasteiger partial charge on any atom is 0.417 e. The van der Waals surface area contributed by atoms with Gasteiger partial charge in [-0.3, -0.25) is 19.5 Å². The number of alkyl halides is 3. The van der Waals surface area contributed by atoms with Crippen molar-refractivity contribution in [2.45, 2.75) is 30.8 Å². The number of sulfonamides is 1. The van der Waals surface area contributed by atoms with Gasteiger partial charge in [0.15, 0.2) is 11.5 Å². The molecule has 2 aromatic heterocycles. The van der Waals surface area contributed by atoms with Crippen molar-refractivity contribution in [1.82, 2.24) is 15.2 Å². The van der Waals surface area contributed by atoms with Crippen LogP contribution in [0.15, 0.2) is 41.4 Å². The number of hydrogen-bond donors (Lipinski definition) is 2. The molecule has 0 fully saturated rings. The number of rotatable bonds is 6. The largest absolute Gasteiger partial charge is 0.417 e. The lowest BCUT2D eigenvalue weighted by molar-refractivity contribution is -0.137. The second-order valence-corrected chi connectivity index (χ2v) is 10.3. The van der Waals surface area contributed by atoms with Crippen LogP contribution in [0.1, 0.15) is 40.7 Å². The van der Waals surface area contributed by atoms with Crippen LogP contribution < -0.4 is 9.62 Å². The monoisotopic (exact) mass is 559 g/mol. The van der Waals surface area contributed by atoms with Gasteiger partial charge in [-0.25, -0.2) is 13.4 Å². The summed E-state index contributed by atoms with van der Waals surface area (Å²) >= 11 is 11.6. The normalized spacial score (nSPS) is 13.4. The first-order valence-electron chi connectivity index (χ1n) is 10.5. The number of hydrogen-bond acceptors (Lipinski definition) is 5. The molecule has 3 aromatic rings. The number of pyridine rings is 1. The Morgan fingerprint density at radius 3 is 2.69 bits per heavy atom. The molecule has 4 rings (SSSR count). The van der Waals surface area contributed by atoms with Crippen LogP contribution in [0.3, 0.4) is 0 Å². The van der Waals surface area contributed by atoms with Gasteiger partial charge in [0.05, 0.1) is 31.9 Å². The molecule has 8 nitrogen and oxygen atoms in total. The van der Waals surface area contributed by atoms with Crippen LogP contribution in [-0.4, -0.2) is 36.1 Å². The van der Waals surface area contributed by atoms with Crippen LogP contribution in [0.4, 0.5) is 24.7 Å². The molecule has 0 saturated carbocycles.